The average Bonchev–Trinajstić information content (AvgIpc) is 2.83. The minimum Gasteiger partial charge on any atom is -0.488 e. The molecule has 0 aliphatic heterocycles. The molecule has 1 amide bonds. The molecule has 0 radical (unpaired) electrons. The predicted molar refractivity (Wildman–Crippen MR) is 128 cm³/mol. The Bertz CT molecular complexity index is 1330. The van der Waals surface area contributed by atoms with E-state index in [2.05, 4.69) is 5.32 Å². The van der Waals surface area contributed by atoms with Gasteiger partial charge in [0.2, 0.25) is 0 Å². The number of nitriles is 1. The number of ether oxygens (including phenoxy) is 1. The summed E-state index contributed by atoms with van der Waals surface area (Å²) in [5, 5.41) is 14.5. The minimum absolute atomic E-state index is 0.00849. The molecule has 0 unspecified atom stereocenters. The van der Waals surface area contributed by atoms with Gasteiger partial charge in [-0.2, -0.15) is 5.26 Å². The highest BCUT2D eigenvalue weighted by Gasteiger charge is 2.14. The highest BCUT2D eigenvalue weighted by atomic mass is 16.5. The van der Waals surface area contributed by atoms with Crippen LogP contribution in [0.4, 0.5) is 5.69 Å². The normalized spacial score (nSPS) is 11.1. The molecule has 0 aliphatic carbocycles. The predicted octanol–water partition coefficient (Wildman–Crippen LogP) is 6.27. The Morgan fingerprint density at radius 3 is 2.44 bits per heavy atom. The average molecular weight is 418 g/mol. The summed E-state index contributed by atoms with van der Waals surface area (Å²) < 4.78 is 6.11. The topological polar surface area (TPSA) is 62.1 Å². The number of rotatable bonds is 6. The van der Waals surface area contributed by atoms with Crippen LogP contribution >= 0.6 is 0 Å². The van der Waals surface area contributed by atoms with Gasteiger partial charge in [0.05, 0.1) is 0 Å². The first kappa shape index (κ1) is 20.9. The molecule has 4 rings (SSSR count). The third kappa shape index (κ3) is 4.69. The molecular formula is C28H22N2O2. The zero-order chi connectivity index (χ0) is 22.3. The van der Waals surface area contributed by atoms with Crippen LogP contribution in [-0.4, -0.2) is 5.91 Å². The van der Waals surface area contributed by atoms with Crippen LogP contribution in [0.25, 0.3) is 16.8 Å². The summed E-state index contributed by atoms with van der Waals surface area (Å²) in [5.74, 6) is 0.160. The van der Waals surface area contributed by atoms with Crippen molar-refractivity contribution in [1.29, 1.82) is 5.26 Å². The van der Waals surface area contributed by atoms with E-state index in [-0.39, 0.29) is 5.57 Å². The number of amides is 1. The Morgan fingerprint density at radius 1 is 0.938 bits per heavy atom. The number of hydrogen-bond acceptors (Lipinski definition) is 3. The monoisotopic (exact) mass is 418 g/mol. The van der Waals surface area contributed by atoms with Gasteiger partial charge in [0.25, 0.3) is 5.91 Å². The number of benzene rings is 4. The molecule has 4 heteroatoms. The van der Waals surface area contributed by atoms with E-state index in [1.54, 1.807) is 6.08 Å². The van der Waals surface area contributed by atoms with E-state index in [4.69, 9.17) is 4.74 Å². The van der Waals surface area contributed by atoms with Gasteiger partial charge in [-0.1, -0.05) is 78.9 Å². The zero-order valence-electron chi connectivity index (χ0n) is 17.7. The fourth-order valence-corrected chi connectivity index (χ4v) is 3.48. The van der Waals surface area contributed by atoms with Crippen LogP contribution < -0.4 is 10.1 Å². The molecule has 0 aliphatic rings. The van der Waals surface area contributed by atoms with Crippen molar-refractivity contribution in [3.63, 3.8) is 0 Å². The Morgan fingerprint density at radius 2 is 1.66 bits per heavy atom. The standard InChI is InChI=1S/C28H22N2O2/c1-20-9-5-8-14-26(20)30-28(31)23(18-29)17-25-24-13-7-6-12-22(24)15-16-27(25)32-19-21-10-3-2-4-11-21/h2-17H,19H2,1H3,(H,30,31)/b23-17+. The molecule has 4 nitrogen and oxygen atoms in total. The van der Waals surface area contributed by atoms with E-state index in [1.165, 1.54) is 0 Å². The maximum atomic E-state index is 12.9. The van der Waals surface area contributed by atoms with Gasteiger partial charge >= 0.3 is 0 Å². The number of nitrogens with zero attached hydrogens (tertiary/aromatic N) is 1. The van der Waals surface area contributed by atoms with Crippen LogP contribution in [0.2, 0.25) is 0 Å². The molecule has 4 aromatic carbocycles. The summed E-state index contributed by atoms with van der Waals surface area (Å²) in [5.41, 5.74) is 3.35. The maximum Gasteiger partial charge on any atom is 0.266 e. The van der Waals surface area contributed by atoms with Crippen molar-refractivity contribution >= 4 is 28.4 Å². The lowest BCUT2D eigenvalue weighted by atomic mass is 10.0. The number of anilines is 1. The zero-order valence-corrected chi connectivity index (χ0v) is 17.7. The van der Waals surface area contributed by atoms with Crippen molar-refractivity contribution in [2.45, 2.75) is 13.5 Å². The first-order valence-electron chi connectivity index (χ1n) is 10.3. The molecule has 4 aromatic rings. The maximum absolute atomic E-state index is 12.9. The van der Waals surface area contributed by atoms with E-state index in [1.807, 2.05) is 104 Å². The third-order valence-electron chi connectivity index (χ3n) is 5.21. The van der Waals surface area contributed by atoms with Crippen molar-refractivity contribution in [1.82, 2.24) is 0 Å². The number of para-hydroxylation sites is 1. The van der Waals surface area contributed by atoms with Gasteiger partial charge in [-0.15, -0.1) is 0 Å². The van der Waals surface area contributed by atoms with Gasteiger partial charge in [0, 0.05) is 11.3 Å². The number of nitrogens with one attached hydrogen (secondary N) is 1. The summed E-state index contributed by atoms with van der Waals surface area (Å²) >= 11 is 0. The van der Waals surface area contributed by atoms with Gasteiger partial charge in [0.15, 0.2) is 0 Å². The molecule has 0 bridgehead atoms. The number of fused-ring (bicyclic) bond motifs is 1. The van der Waals surface area contributed by atoms with Crippen molar-refractivity contribution in [2.24, 2.45) is 0 Å². The quantitative estimate of drug-likeness (QED) is 0.296. The third-order valence-corrected chi connectivity index (χ3v) is 5.21. The molecule has 0 fully saturated rings. The van der Waals surface area contributed by atoms with Gasteiger partial charge in [-0.05, 0) is 47.0 Å². The number of aryl methyl sites for hydroxylation is 1. The Hall–Kier alpha value is -4.36. The van der Waals surface area contributed by atoms with Crippen molar-refractivity contribution in [3.05, 3.63) is 113 Å². The molecule has 0 heterocycles. The lowest BCUT2D eigenvalue weighted by Crippen LogP contribution is -2.14. The van der Waals surface area contributed by atoms with Crippen LogP contribution in [0.3, 0.4) is 0 Å². The van der Waals surface area contributed by atoms with Gasteiger partial charge in [-0.3, -0.25) is 4.79 Å². The van der Waals surface area contributed by atoms with E-state index in [0.717, 1.165) is 21.9 Å². The first-order valence-corrected chi connectivity index (χ1v) is 10.3. The van der Waals surface area contributed by atoms with Crippen LogP contribution in [-0.2, 0) is 11.4 Å². The Kier molecular flexibility index (Phi) is 6.29. The molecule has 0 atom stereocenters. The lowest BCUT2D eigenvalue weighted by Gasteiger charge is -2.13. The smallest absolute Gasteiger partial charge is 0.266 e. The van der Waals surface area contributed by atoms with Gasteiger partial charge in [-0.25, -0.2) is 0 Å². The van der Waals surface area contributed by atoms with Crippen LogP contribution in [0.15, 0.2) is 96.6 Å². The summed E-state index contributed by atoms with van der Waals surface area (Å²) in [6.07, 6.45) is 1.61. The summed E-state index contributed by atoms with van der Waals surface area (Å²) in [4.78, 5) is 12.9. The number of carbonyl (C=O) groups excluding carboxylic acids is 1. The van der Waals surface area contributed by atoms with E-state index in [0.29, 0.717) is 23.6 Å². The largest absolute Gasteiger partial charge is 0.488 e. The second-order valence-corrected chi connectivity index (χ2v) is 7.41. The van der Waals surface area contributed by atoms with Gasteiger partial charge in [0.1, 0.15) is 24.0 Å². The summed E-state index contributed by atoms with van der Waals surface area (Å²) in [7, 11) is 0. The van der Waals surface area contributed by atoms with Crippen molar-refractivity contribution in [2.75, 3.05) is 5.32 Å². The minimum atomic E-state index is -0.455. The van der Waals surface area contributed by atoms with Crippen LogP contribution in [0, 0.1) is 18.3 Å². The molecule has 0 saturated heterocycles. The molecule has 156 valence electrons. The van der Waals surface area contributed by atoms with E-state index in [9.17, 15) is 10.1 Å². The number of carbonyl (C=O) groups is 1. The molecule has 1 N–H and O–H groups in total. The second kappa shape index (κ2) is 9.63. The van der Waals surface area contributed by atoms with E-state index >= 15 is 0 Å². The number of hydrogen-bond donors (Lipinski definition) is 1. The highest BCUT2D eigenvalue weighted by Crippen LogP contribution is 2.31. The fraction of sp³-hybridized carbons (Fsp3) is 0.0714. The van der Waals surface area contributed by atoms with Gasteiger partial charge < -0.3 is 10.1 Å². The van der Waals surface area contributed by atoms with Crippen molar-refractivity contribution < 1.29 is 9.53 Å². The first-order chi connectivity index (χ1) is 15.7. The lowest BCUT2D eigenvalue weighted by molar-refractivity contribution is -0.112. The Labute approximate surface area is 187 Å². The SMILES string of the molecule is Cc1ccccc1NC(=O)/C(C#N)=C/c1c(OCc2ccccc2)ccc2ccccc12. The second-order valence-electron chi connectivity index (χ2n) is 7.41. The van der Waals surface area contributed by atoms with Crippen LogP contribution in [0.5, 0.6) is 5.75 Å². The summed E-state index contributed by atoms with van der Waals surface area (Å²) in [6, 6.07) is 31.1. The fourth-order valence-electron chi connectivity index (χ4n) is 3.48. The molecule has 32 heavy (non-hydrogen) atoms. The summed E-state index contributed by atoms with van der Waals surface area (Å²) in [6.45, 7) is 2.29. The molecule has 0 spiro atoms. The molecule has 0 saturated carbocycles. The Balaban J connectivity index is 1.71. The van der Waals surface area contributed by atoms with E-state index < -0.39 is 5.91 Å². The van der Waals surface area contributed by atoms with Crippen LogP contribution in [0.1, 0.15) is 16.7 Å². The highest BCUT2D eigenvalue weighted by molar-refractivity contribution is 6.11. The van der Waals surface area contributed by atoms with Crippen molar-refractivity contribution in [3.8, 4) is 11.8 Å². The molecule has 0 aromatic heterocycles. The molecular weight excluding hydrogens is 396 g/mol.